The van der Waals surface area contributed by atoms with Gasteiger partial charge in [-0.2, -0.15) is 0 Å². The van der Waals surface area contributed by atoms with Gasteiger partial charge in [-0.1, -0.05) is 11.3 Å². The van der Waals surface area contributed by atoms with Gasteiger partial charge in [0.2, 0.25) is 0 Å². The molecule has 0 saturated heterocycles. The van der Waals surface area contributed by atoms with E-state index in [1.165, 1.54) is 6.07 Å². The van der Waals surface area contributed by atoms with Crippen molar-refractivity contribution in [1.82, 2.24) is 15.0 Å². The number of aryl methyl sites for hydroxylation is 1. The highest BCUT2D eigenvalue weighted by atomic mass is 19.2. The Labute approximate surface area is 103 Å². The number of aliphatic hydroxyl groups excluding tert-OH is 1. The fraction of sp³-hybridized carbons (Fsp3) is 0.333. The van der Waals surface area contributed by atoms with E-state index in [4.69, 9.17) is 5.11 Å². The predicted molar refractivity (Wildman–Crippen MR) is 60.9 cm³/mol. The van der Waals surface area contributed by atoms with Gasteiger partial charge in [0, 0.05) is 12.8 Å². The number of benzene rings is 1. The highest BCUT2D eigenvalue weighted by Gasteiger charge is 2.05. The van der Waals surface area contributed by atoms with Crippen LogP contribution in [-0.4, -0.2) is 26.7 Å². The Morgan fingerprint density at radius 2 is 2.06 bits per heavy atom. The van der Waals surface area contributed by atoms with Crippen molar-refractivity contribution < 1.29 is 13.9 Å². The molecule has 0 fully saturated rings. The Kier molecular flexibility index (Phi) is 3.99. The molecule has 2 aromatic rings. The molecule has 1 N–H and O–H groups in total. The Balaban J connectivity index is 2.04. The number of halogens is 2. The van der Waals surface area contributed by atoms with Gasteiger partial charge in [-0.25, -0.2) is 13.5 Å². The summed E-state index contributed by atoms with van der Waals surface area (Å²) in [4.78, 5) is 0. The van der Waals surface area contributed by atoms with Crippen LogP contribution in [-0.2, 0) is 13.0 Å². The van der Waals surface area contributed by atoms with Crippen LogP contribution in [0.2, 0.25) is 0 Å². The van der Waals surface area contributed by atoms with E-state index < -0.39 is 11.6 Å². The number of aliphatic hydroxyl groups is 1. The predicted octanol–water partition coefficient (Wildman–Crippen LogP) is 1.53. The van der Waals surface area contributed by atoms with E-state index in [1.54, 1.807) is 10.9 Å². The SMILES string of the molecule is OCCCc1cn(Cc2ccc(F)c(F)c2)nn1. The lowest BCUT2D eigenvalue weighted by Gasteiger charge is -2.01. The first-order chi connectivity index (χ1) is 8.69. The number of hydrogen-bond acceptors (Lipinski definition) is 3. The molecule has 18 heavy (non-hydrogen) atoms. The third-order valence-corrected chi connectivity index (χ3v) is 2.51. The lowest BCUT2D eigenvalue weighted by Crippen LogP contribution is -2.01. The fourth-order valence-electron chi connectivity index (χ4n) is 1.62. The lowest BCUT2D eigenvalue weighted by atomic mass is 10.2. The van der Waals surface area contributed by atoms with E-state index in [-0.39, 0.29) is 6.61 Å². The van der Waals surface area contributed by atoms with Gasteiger partial charge in [0.1, 0.15) is 0 Å². The number of nitrogens with zero attached hydrogens (tertiary/aromatic N) is 3. The molecule has 0 amide bonds. The monoisotopic (exact) mass is 253 g/mol. The zero-order chi connectivity index (χ0) is 13.0. The molecule has 0 aliphatic rings. The van der Waals surface area contributed by atoms with Crippen molar-refractivity contribution in [3.05, 3.63) is 47.3 Å². The average Bonchev–Trinajstić information content (AvgIpc) is 2.79. The first kappa shape index (κ1) is 12.6. The van der Waals surface area contributed by atoms with Crippen LogP contribution in [0.15, 0.2) is 24.4 Å². The van der Waals surface area contributed by atoms with E-state index in [0.717, 1.165) is 17.8 Å². The van der Waals surface area contributed by atoms with Gasteiger partial charge < -0.3 is 5.11 Å². The van der Waals surface area contributed by atoms with Gasteiger partial charge in [0.15, 0.2) is 11.6 Å². The highest BCUT2D eigenvalue weighted by Crippen LogP contribution is 2.10. The zero-order valence-electron chi connectivity index (χ0n) is 9.68. The first-order valence-electron chi connectivity index (χ1n) is 5.63. The first-order valence-corrected chi connectivity index (χ1v) is 5.63. The minimum Gasteiger partial charge on any atom is -0.396 e. The summed E-state index contributed by atoms with van der Waals surface area (Å²) in [6.45, 7) is 0.444. The van der Waals surface area contributed by atoms with E-state index in [1.807, 2.05) is 0 Å². The van der Waals surface area contributed by atoms with Crippen LogP contribution in [0.25, 0.3) is 0 Å². The van der Waals surface area contributed by atoms with Crippen LogP contribution in [0, 0.1) is 11.6 Å². The van der Waals surface area contributed by atoms with Crippen molar-refractivity contribution in [1.29, 1.82) is 0 Å². The van der Waals surface area contributed by atoms with Crippen LogP contribution in [0.3, 0.4) is 0 Å². The summed E-state index contributed by atoms with van der Waals surface area (Å²) < 4.78 is 27.3. The molecule has 1 aromatic heterocycles. The topological polar surface area (TPSA) is 50.9 Å². The van der Waals surface area contributed by atoms with Crippen LogP contribution >= 0.6 is 0 Å². The molecule has 0 unspecified atom stereocenters. The van der Waals surface area contributed by atoms with Crippen molar-refractivity contribution in [3.8, 4) is 0 Å². The van der Waals surface area contributed by atoms with Crippen LogP contribution in [0.4, 0.5) is 8.78 Å². The van der Waals surface area contributed by atoms with E-state index in [0.29, 0.717) is 24.9 Å². The van der Waals surface area contributed by atoms with Crippen molar-refractivity contribution in [2.45, 2.75) is 19.4 Å². The average molecular weight is 253 g/mol. The Hall–Kier alpha value is -1.82. The largest absolute Gasteiger partial charge is 0.396 e. The van der Waals surface area contributed by atoms with Gasteiger partial charge in [-0.15, -0.1) is 5.10 Å². The second kappa shape index (κ2) is 5.68. The third-order valence-electron chi connectivity index (χ3n) is 2.51. The molecule has 0 bridgehead atoms. The molecule has 96 valence electrons. The van der Waals surface area contributed by atoms with Crippen LogP contribution < -0.4 is 0 Å². The summed E-state index contributed by atoms with van der Waals surface area (Å²) in [7, 11) is 0. The molecule has 6 heteroatoms. The minimum atomic E-state index is -0.867. The third kappa shape index (κ3) is 3.10. The van der Waals surface area contributed by atoms with E-state index in [2.05, 4.69) is 10.3 Å². The number of rotatable bonds is 5. The standard InChI is InChI=1S/C12H13F2N3O/c13-11-4-3-9(6-12(11)14)7-17-8-10(15-16-17)2-1-5-18/h3-4,6,8,18H,1-2,5,7H2. The molecule has 0 spiro atoms. The lowest BCUT2D eigenvalue weighted by molar-refractivity contribution is 0.288. The van der Waals surface area contributed by atoms with Gasteiger partial charge in [-0.3, -0.25) is 0 Å². The number of aromatic nitrogens is 3. The highest BCUT2D eigenvalue weighted by molar-refractivity contribution is 5.18. The zero-order valence-corrected chi connectivity index (χ0v) is 9.68. The quantitative estimate of drug-likeness (QED) is 0.879. The molecule has 0 aliphatic heterocycles. The summed E-state index contributed by atoms with van der Waals surface area (Å²) in [6.07, 6.45) is 3.01. The van der Waals surface area contributed by atoms with Crippen molar-refractivity contribution >= 4 is 0 Å². The van der Waals surface area contributed by atoms with Gasteiger partial charge in [0.25, 0.3) is 0 Å². The Bertz CT molecular complexity index is 528. The van der Waals surface area contributed by atoms with Crippen molar-refractivity contribution in [3.63, 3.8) is 0 Å². The van der Waals surface area contributed by atoms with Crippen molar-refractivity contribution in [2.75, 3.05) is 6.61 Å². The minimum absolute atomic E-state index is 0.107. The van der Waals surface area contributed by atoms with Crippen LogP contribution in [0.1, 0.15) is 17.7 Å². The van der Waals surface area contributed by atoms with Crippen LogP contribution in [0.5, 0.6) is 0 Å². The molecular formula is C12H13F2N3O. The molecule has 0 aliphatic carbocycles. The van der Waals surface area contributed by atoms with Gasteiger partial charge in [0.05, 0.1) is 12.2 Å². The molecule has 0 atom stereocenters. The fourth-order valence-corrected chi connectivity index (χ4v) is 1.62. The second-order valence-corrected chi connectivity index (χ2v) is 3.98. The van der Waals surface area contributed by atoms with E-state index in [9.17, 15) is 8.78 Å². The molecule has 1 aromatic carbocycles. The smallest absolute Gasteiger partial charge is 0.159 e. The van der Waals surface area contributed by atoms with E-state index >= 15 is 0 Å². The Morgan fingerprint density at radius 3 is 2.78 bits per heavy atom. The summed E-state index contributed by atoms with van der Waals surface area (Å²) >= 11 is 0. The summed E-state index contributed by atoms with van der Waals surface area (Å²) in [5.41, 5.74) is 1.39. The maximum atomic E-state index is 13.0. The maximum Gasteiger partial charge on any atom is 0.159 e. The molecule has 0 saturated carbocycles. The van der Waals surface area contributed by atoms with Gasteiger partial charge >= 0.3 is 0 Å². The number of hydrogen-bond donors (Lipinski definition) is 1. The molecular weight excluding hydrogens is 240 g/mol. The molecule has 1 heterocycles. The summed E-state index contributed by atoms with van der Waals surface area (Å²) in [5.74, 6) is -1.73. The summed E-state index contributed by atoms with van der Waals surface area (Å²) in [5, 5.41) is 16.5. The molecule has 2 rings (SSSR count). The maximum absolute atomic E-state index is 13.0. The molecule has 0 radical (unpaired) electrons. The summed E-state index contributed by atoms with van der Waals surface area (Å²) in [6, 6.07) is 3.74. The van der Waals surface area contributed by atoms with Crippen molar-refractivity contribution in [2.24, 2.45) is 0 Å². The Morgan fingerprint density at radius 1 is 1.22 bits per heavy atom. The normalized spacial score (nSPS) is 10.8. The second-order valence-electron chi connectivity index (χ2n) is 3.98. The molecule has 4 nitrogen and oxygen atoms in total. The van der Waals surface area contributed by atoms with Gasteiger partial charge in [-0.05, 0) is 30.5 Å².